The van der Waals surface area contributed by atoms with Gasteiger partial charge in [0, 0.05) is 32.2 Å². The van der Waals surface area contributed by atoms with Crippen molar-refractivity contribution in [1.29, 1.82) is 0 Å². The van der Waals surface area contributed by atoms with Gasteiger partial charge < -0.3 is 9.47 Å². The molecule has 2 rings (SSSR count). The molecule has 0 aliphatic carbocycles. The first-order valence-corrected chi connectivity index (χ1v) is 11.5. The maximum absolute atomic E-state index is 12.8. The number of benzene rings is 1. The molecule has 1 heterocycles. The van der Waals surface area contributed by atoms with E-state index < -0.39 is 20.0 Å². The Kier molecular flexibility index (Phi) is 6.89. The number of ether oxygens (including phenoxy) is 2. The molecule has 8 nitrogen and oxygen atoms in total. The zero-order valence-electron chi connectivity index (χ0n) is 15.3. The molecule has 1 aliphatic heterocycles. The first kappa shape index (κ1) is 20.9. The molecule has 10 heteroatoms. The van der Waals surface area contributed by atoms with Crippen molar-refractivity contribution in [3.05, 3.63) is 18.2 Å². The van der Waals surface area contributed by atoms with E-state index in [-0.39, 0.29) is 36.8 Å². The second kappa shape index (κ2) is 8.55. The van der Waals surface area contributed by atoms with Gasteiger partial charge in [-0.2, -0.15) is 8.61 Å². The van der Waals surface area contributed by atoms with E-state index in [0.717, 1.165) is 6.42 Å². The van der Waals surface area contributed by atoms with Crippen LogP contribution < -0.4 is 9.47 Å². The molecule has 1 aromatic rings. The molecule has 0 atom stereocenters. The molecule has 1 saturated heterocycles. The topological polar surface area (TPSA) is 93.2 Å². The van der Waals surface area contributed by atoms with Crippen LogP contribution in [0.2, 0.25) is 0 Å². The van der Waals surface area contributed by atoms with E-state index in [4.69, 9.17) is 9.47 Å². The van der Waals surface area contributed by atoms with E-state index in [1.807, 2.05) is 6.92 Å². The van der Waals surface area contributed by atoms with Crippen molar-refractivity contribution < 1.29 is 26.3 Å². The molecular weight excluding hydrogens is 380 g/mol. The van der Waals surface area contributed by atoms with Crippen LogP contribution in [0.15, 0.2) is 23.1 Å². The van der Waals surface area contributed by atoms with E-state index in [1.54, 1.807) is 0 Å². The second-order valence-corrected chi connectivity index (χ2v) is 10.0. The van der Waals surface area contributed by atoms with Crippen LogP contribution in [0.25, 0.3) is 0 Å². The molecule has 0 amide bonds. The molecular formula is C16H26N2O6S2. The maximum Gasteiger partial charge on any atom is 0.243 e. The quantitative estimate of drug-likeness (QED) is 0.643. The average Bonchev–Trinajstić information content (AvgIpc) is 2.65. The summed E-state index contributed by atoms with van der Waals surface area (Å²) in [6.45, 7) is 2.52. The fourth-order valence-electron chi connectivity index (χ4n) is 2.77. The first-order chi connectivity index (χ1) is 12.3. The van der Waals surface area contributed by atoms with E-state index in [1.165, 1.54) is 41.0 Å². The van der Waals surface area contributed by atoms with Crippen LogP contribution >= 0.6 is 0 Å². The number of methoxy groups -OCH3 is 2. The second-order valence-electron chi connectivity index (χ2n) is 5.99. The SMILES string of the molecule is CCCCS(=O)(=O)N1CCN(S(=O)(=O)c2ccc(OC)c(OC)c2)CC1. The summed E-state index contributed by atoms with van der Waals surface area (Å²) in [5.74, 6) is 0.874. The lowest BCUT2D eigenvalue weighted by Gasteiger charge is -2.33. The van der Waals surface area contributed by atoms with Gasteiger partial charge in [-0.15, -0.1) is 0 Å². The highest BCUT2D eigenvalue weighted by Crippen LogP contribution is 2.31. The summed E-state index contributed by atoms with van der Waals surface area (Å²) in [5.41, 5.74) is 0. The lowest BCUT2D eigenvalue weighted by molar-refractivity contribution is 0.272. The van der Waals surface area contributed by atoms with Crippen LogP contribution in [-0.2, 0) is 20.0 Å². The van der Waals surface area contributed by atoms with Gasteiger partial charge in [0.25, 0.3) is 0 Å². The third-order valence-corrected chi connectivity index (χ3v) is 8.19. The summed E-state index contributed by atoms with van der Waals surface area (Å²) in [6, 6.07) is 4.41. The average molecular weight is 407 g/mol. The largest absolute Gasteiger partial charge is 0.493 e. The molecule has 0 unspecified atom stereocenters. The van der Waals surface area contributed by atoms with Crippen LogP contribution in [0.5, 0.6) is 11.5 Å². The van der Waals surface area contributed by atoms with Gasteiger partial charge >= 0.3 is 0 Å². The highest BCUT2D eigenvalue weighted by Gasteiger charge is 2.33. The number of unbranched alkanes of at least 4 members (excludes halogenated alkanes) is 1. The Labute approximate surface area is 155 Å². The van der Waals surface area contributed by atoms with E-state index in [0.29, 0.717) is 17.9 Å². The summed E-state index contributed by atoms with van der Waals surface area (Å²) in [4.78, 5) is 0.0949. The molecule has 0 aromatic heterocycles. The monoisotopic (exact) mass is 406 g/mol. The van der Waals surface area contributed by atoms with Crippen LogP contribution in [0, 0.1) is 0 Å². The van der Waals surface area contributed by atoms with Crippen molar-refractivity contribution in [2.45, 2.75) is 24.7 Å². The summed E-state index contributed by atoms with van der Waals surface area (Å²) in [5, 5.41) is 0. The van der Waals surface area contributed by atoms with Crippen LogP contribution in [0.4, 0.5) is 0 Å². The lowest BCUT2D eigenvalue weighted by atomic mass is 10.3. The molecule has 0 bridgehead atoms. The number of hydrogen-bond acceptors (Lipinski definition) is 6. The van der Waals surface area contributed by atoms with Crippen molar-refractivity contribution in [3.8, 4) is 11.5 Å². The van der Waals surface area contributed by atoms with E-state index >= 15 is 0 Å². The van der Waals surface area contributed by atoms with Crippen molar-refractivity contribution in [2.24, 2.45) is 0 Å². The van der Waals surface area contributed by atoms with Gasteiger partial charge in [-0.05, 0) is 18.6 Å². The fourth-order valence-corrected chi connectivity index (χ4v) is 5.84. The van der Waals surface area contributed by atoms with E-state index in [9.17, 15) is 16.8 Å². The minimum Gasteiger partial charge on any atom is -0.493 e. The highest BCUT2D eigenvalue weighted by molar-refractivity contribution is 7.89. The van der Waals surface area contributed by atoms with Gasteiger partial charge in [0.1, 0.15) is 0 Å². The van der Waals surface area contributed by atoms with Gasteiger partial charge in [0.2, 0.25) is 20.0 Å². The van der Waals surface area contributed by atoms with E-state index in [2.05, 4.69) is 0 Å². The first-order valence-electron chi connectivity index (χ1n) is 8.46. The predicted octanol–water partition coefficient (Wildman–Crippen LogP) is 1.14. The third kappa shape index (κ3) is 4.48. The predicted molar refractivity (Wildman–Crippen MR) is 98.6 cm³/mol. The molecule has 0 saturated carbocycles. The molecule has 0 N–H and O–H groups in total. The van der Waals surface area contributed by atoms with Crippen molar-refractivity contribution in [3.63, 3.8) is 0 Å². The fraction of sp³-hybridized carbons (Fsp3) is 0.625. The Balaban J connectivity index is 2.13. The summed E-state index contributed by atoms with van der Waals surface area (Å²) in [7, 11) is -4.14. The smallest absolute Gasteiger partial charge is 0.243 e. The Hall–Kier alpha value is -1.36. The zero-order chi connectivity index (χ0) is 19.4. The lowest BCUT2D eigenvalue weighted by Crippen LogP contribution is -2.50. The number of piperazine rings is 1. The molecule has 0 radical (unpaired) electrons. The summed E-state index contributed by atoms with van der Waals surface area (Å²) >= 11 is 0. The van der Waals surface area contributed by atoms with Gasteiger partial charge in [-0.25, -0.2) is 16.8 Å². The van der Waals surface area contributed by atoms with Crippen LogP contribution in [0.3, 0.4) is 0 Å². The van der Waals surface area contributed by atoms with Crippen LogP contribution in [-0.4, -0.2) is 71.6 Å². The minimum atomic E-state index is -3.73. The van der Waals surface area contributed by atoms with Gasteiger partial charge in [-0.1, -0.05) is 13.3 Å². The Morgan fingerprint density at radius 1 is 0.923 bits per heavy atom. The molecule has 0 spiro atoms. The molecule has 148 valence electrons. The minimum absolute atomic E-state index is 0.0949. The number of sulfonamides is 2. The maximum atomic E-state index is 12.8. The zero-order valence-corrected chi connectivity index (χ0v) is 17.0. The Morgan fingerprint density at radius 3 is 2.04 bits per heavy atom. The highest BCUT2D eigenvalue weighted by atomic mass is 32.2. The third-order valence-electron chi connectivity index (χ3n) is 4.34. The summed E-state index contributed by atoms with van der Waals surface area (Å²) < 4.78 is 63.2. The standard InChI is InChI=1S/C16H26N2O6S2/c1-4-5-12-25(19,20)17-8-10-18(11-9-17)26(21,22)14-6-7-15(23-2)16(13-14)24-3/h6-7,13H,4-5,8-12H2,1-3H3. The van der Waals surface area contributed by atoms with Crippen LogP contribution in [0.1, 0.15) is 19.8 Å². The van der Waals surface area contributed by atoms with Crippen molar-refractivity contribution in [1.82, 2.24) is 8.61 Å². The van der Waals surface area contributed by atoms with Crippen molar-refractivity contribution in [2.75, 3.05) is 46.2 Å². The van der Waals surface area contributed by atoms with Crippen molar-refractivity contribution >= 4 is 20.0 Å². The van der Waals surface area contributed by atoms with Gasteiger partial charge in [0.05, 0.1) is 24.9 Å². The van der Waals surface area contributed by atoms with Gasteiger partial charge in [-0.3, -0.25) is 0 Å². The molecule has 1 aromatic carbocycles. The Bertz CT molecular complexity index is 815. The number of rotatable bonds is 8. The Morgan fingerprint density at radius 2 is 1.50 bits per heavy atom. The number of nitrogens with zero attached hydrogens (tertiary/aromatic N) is 2. The molecule has 26 heavy (non-hydrogen) atoms. The van der Waals surface area contributed by atoms with Gasteiger partial charge in [0.15, 0.2) is 11.5 Å². The summed E-state index contributed by atoms with van der Waals surface area (Å²) in [6.07, 6.45) is 1.40. The number of hydrogen-bond donors (Lipinski definition) is 0. The molecule has 1 fully saturated rings. The molecule has 1 aliphatic rings. The normalized spacial score (nSPS) is 17.2.